The zero-order valence-corrected chi connectivity index (χ0v) is 14.4. The van der Waals surface area contributed by atoms with E-state index in [1.807, 2.05) is 7.05 Å². The zero-order valence-electron chi connectivity index (χ0n) is 12.0. The van der Waals surface area contributed by atoms with E-state index in [0.717, 1.165) is 6.54 Å². The van der Waals surface area contributed by atoms with Gasteiger partial charge < -0.3 is 15.0 Å². The molecular weight excluding hydrogens is 360 g/mol. The normalized spacial score (nSPS) is 20.4. The minimum atomic E-state index is -3.65. The lowest BCUT2D eigenvalue weighted by molar-refractivity contribution is -0.0156. The second kappa shape index (κ2) is 7.01. The van der Waals surface area contributed by atoms with Crippen LogP contribution < -0.4 is 10.0 Å². The van der Waals surface area contributed by atoms with E-state index in [0.29, 0.717) is 23.4 Å². The van der Waals surface area contributed by atoms with Crippen molar-refractivity contribution >= 4 is 31.8 Å². The number of rotatable bonds is 5. The van der Waals surface area contributed by atoms with Gasteiger partial charge in [0.1, 0.15) is 10.7 Å². The van der Waals surface area contributed by atoms with Crippen molar-refractivity contribution < 1.29 is 13.2 Å². The third-order valence-corrected chi connectivity index (χ3v) is 5.06. The van der Waals surface area contributed by atoms with Crippen molar-refractivity contribution in [1.82, 2.24) is 14.6 Å². The minimum Gasteiger partial charge on any atom is -0.374 e. The first-order valence-corrected chi connectivity index (χ1v) is 8.83. The third kappa shape index (κ3) is 4.36. The fourth-order valence-corrected chi connectivity index (χ4v) is 3.82. The molecule has 1 saturated heterocycles. The quantitative estimate of drug-likeness (QED) is 0.775. The summed E-state index contributed by atoms with van der Waals surface area (Å²) in [7, 11) is -0.0251. The number of sulfonamides is 1. The lowest BCUT2D eigenvalue weighted by atomic mass is 10.3. The number of nitrogens with zero attached hydrogens (tertiary/aromatic N) is 2. The van der Waals surface area contributed by atoms with Gasteiger partial charge in [-0.3, -0.25) is 0 Å². The highest BCUT2D eigenvalue weighted by molar-refractivity contribution is 9.10. The summed E-state index contributed by atoms with van der Waals surface area (Å²) >= 11 is 3.24. The molecule has 2 rings (SSSR count). The molecule has 1 aliphatic rings. The number of ether oxygens (including phenoxy) is 1. The number of aromatic nitrogens is 1. The van der Waals surface area contributed by atoms with Gasteiger partial charge in [0.2, 0.25) is 10.0 Å². The second-order valence-electron chi connectivity index (χ2n) is 4.86. The SMILES string of the molecule is CNc1ncc(Br)cc1S(=O)(=O)NCC1CN(C)CCO1. The Morgan fingerprint density at radius 2 is 2.33 bits per heavy atom. The van der Waals surface area contributed by atoms with Crippen LogP contribution in [0, 0.1) is 0 Å². The molecule has 0 radical (unpaired) electrons. The van der Waals surface area contributed by atoms with Crippen molar-refractivity contribution in [3.8, 4) is 0 Å². The van der Waals surface area contributed by atoms with E-state index in [1.165, 1.54) is 6.07 Å². The molecule has 0 bridgehead atoms. The first-order valence-electron chi connectivity index (χ1n) is 6.55. The molecule has 1 fully saturated rings. The van der Waals surface area contributed by atoms with Crippen LogP contribution in [0.5, 0.6) is 0 Å². The Morgan fingerprint density at radius 3 is 3.00 bits per heavy atom. The standard InChI is InChI=1S/C12H19BrN4O3S/c1-14-12-11(5-9(13)6-15-12)21(18,19)16-7-10-8-17(2)3-4-20-10/h5-6,10,16H,3-4,7-8H2,1-2H3,(H,14,15). The summed E-state index contributed by atoms with van der Waals surface area (Å²) in [5.74, 6) is 0.312. The number of hydrogen-bond acceptors (Lipinski definition) is 6. The van der Waals surface area contributed by atoms with Crippen LogP contribution in [0.2, 0.25) is 0 Å². The van der Waals surface area contributed by atoms with Crippen LogP contribution in [0.1, 0.15) is 0 Å². The van der Waals surface area contributed by atoms with Crippen LogP contribution in [0.3, 0.4) is 0 Å². The van der Waals surface area contributed by atoms with Gasteiger partial charge in [-0.05, 0) is 29.0 Å². The van der Waals surface area contributed by atoms with Gasteiger partial charge in [-0.2, -0.15) is 0 Å². The molecule has 0 aliphatic carbocycles. The van der Waals surface area contributed by atoms with Gasteiger partial charge >= 0.3 is 0 Å². The van der Waals surface area contributed by atoms with Gasteiger partial charge in [0.15, 0.2) is 0 Å². The average molecular weight is 379 g/mol. The molecule has 21 heavy (non-hydrogen) atoms. The average Bonchev–Trinajstić information content (AvgIpc) is 2.45. The molecule has 2 heterocycles. The third-order valence-electron chi connectivity index (χ3n) is 3.19. The highest BCUT2D eigenvalue weighted by Gasteiger charge is 2.23. The van der Waals surface area contributed by atoms with E-state index >= 15 is 0 Å². The van der Waals surface area contributed by atoms with Crippen LogP contribution in [0.25, 0.3) is 0 Å². The highest BCUT2D eigenvalue weighted by Crippen LogP contribution is 2.22. The Bertz CT molecular complexity index is 596. The Hall–Kier alpha value is -0.740. The number of anilines is 1. The van der Waals surface area contributed by atoms with Crippen molar-refractivity contribution in [2.75, 3.05) is 45.7 Å². The first-order chi connectivity index (χ1) is 9.92. The van der Waals surface area contributed by atoms with E-state index in [1.54, 1.807) is 13.2 Å². The molecule has 0 aromatic carbocycles. The molecule has 0 spiro atoms. The number of morpholine rings is 1. The van der Waals surface area contributed by atoms with Gasteiger partial charge in [0.05, 0.1) is 12.7 Å². The van der Waals surface area contributed by atoms with E-state index < -0.39 is 10.0 Å². The minimum absolute atomic E-state index is 0.114. The Kier molecular flexibility index (Phi) is 5.55. The lowest BCUT2D eigenvalue weighted by Crippen LogP contribution is -2.45. The van der Waals surface area contributed by atoms with Gasteiger partial charge in [0, 0.05) is 37.4 Å². The number of likely N-dealkylation sites (N-methyl/N-ethyl adjacent to an activating group) is 1. The number of nitrogens with one attached hydrogen (secondary N) is 2. The largest absolute Gasteiger partial charge is 0.374 e. The van der Waals surface area contributed by atoms with Crippen LogP contribution in [0.15, 0.2) is 21.6 Å². The summed E-state index contributed by atoms with van der Waals surface area (Å²) in [5, 5.41) is 2.78. The van der Waals surface area contributed by atoms with Crippen molar-refractivity contribution in [3.63, 3.8) is 0 Å². The predicted molar refractivity (Wildman–Crippen MR) is 83.9 cm³/mol. The van der Waals surface area contributed by atoms with Crippen molar-refractivity contribution in [3.05, 3.63) is 16.7 Å². The topological polar surface area (TPSA) is 83.6 Å². The van der Waals surface area contributed by atoms with Gasteiger partial charge in [-0.25, -0.2) is 18.1 Å². The molecule has 1 atom stereocenters. The van der Waals surface area contributed by atoms with Crippen LogP contribution in [-0.2, 0) is 14.8 Å². The maximum absolute atomic E-state index is 12.4. The Labute approximate surface area is 133 Å². The summed E-state index contributed by atoms with van der Waals surface area (Å²) < 4.78 is 33.6. The fraction of sp³-hybridized carbons (Fsp3) is 0.583. The highest BCUT2D eigenvalue weighted by atomic mass is 79.9. The Balaban J connectivity index is 2.09. The number of halogens is 1. The lowest BCUT2D eigenvalue weighted by Gasteiger charge is -2.30. The van der Waals surface area contributed by atoms with E-state index in [-0.39, 0.29) is 17.5 Å². The van der Waals surface area contributed by atoms with Crippen molar-refractivity contribution in [2.45, 2.75) is 11.0 Å². The molecule has 0 amide bonds. The molecule has 118 valence electrons. The predicted octanol–water partition coefficient (Wildman–Crippen LogP) is 0.495. The van der Waals surface area contributed by atoms with Gasteiger partial charge in [-0.1, -0.05) is 0 Å². The fourth-order valence-electron chi connectivity index (χ4n) is 2.08. The molecular formula is C12H19BrN4O3S. The molecule has 2 N–H and O–H groups in total. The van der Waals surface area contributed by atoms with Crippen LogP contribution >= 0.6 is 15.9 Å². The smallest absolute Gasteiger partial charge is 0.244 e. The molecule has 0 saturated carbocycles. The second-order valence-corrected chi connectivity index (χ2v) is 7.51. The summed E-state index contributed by atoms with van der Waals surface area (Å²) in [6.07, 6.45) is 1.40. The molecule has 7 nitrogen and oxygen atoms in total. The summed E-state index contributed by atoms with van der Waals surface area (Å²) in [5.41, 5.74) is 0. The molecule has 1 aromatic rings. The van der Waals surface area contributed by atoms with E-state index in [2.05, 4.69) is 35.9 Å². The first kappa shape index (κ1) is 16.6. The molecule has 1 aromatic heterocycles. The maximum atomic E-state index is 12.4. The van der Waals surface area contributed by atoms with Crippen LogP contribution in [-0.4, -0.2) is 64.7 Å². The summed E-state index contributed by atoms with van der Waals surface area (Å²) in [4.78, 5) is 6.28. The van der Waals surface area contributed by atoms with E-state index in [4.69, 9.17) is 4.74 Å². The summed E-state index contributed by atoms with van der Waals surface area (Å²) in [6, 6.07) is 1.52. The van der Waals surface area contributed by atoms with Crippen molar-refractivity contribution in [1.29, 1.82) is 0 Å². The zero-order chi connectivity index (χ0) is 15.5. The molecule has 1 unspecified atom stereocenters. The van der Waals surface area contributed by atoms with E-state index in [9.17, 15) is 8.42 Å². The van der Waals surface area contributed by atoms with Gasteiger partial charge in [0.25, 0.3) is 0 Å². The monoisotopic (exact) mass is 378 g/mol. The summed E-state index contributed by atoms with van der Waals surface area (Å²) in [6.45, 7) is 2.42. The number of pyridine rings is 1. The maximum Gasteiger partial charge on any atom is 0.244 e. The van der Waals surface area contributed by atoms with Crippen LogP contribution in [0.4, 0.5) is 5.82 Å². The van der Waals surface area contributed by atoms with Gasteiger partial charge in [-0.15, -0.1) is 0 Å². The van der Waals surface area contributed by atoms with Crippen molar-refractivity contribution in [2.24, 2.45) is 0 Å². The molecule has 1 aliphatic heterocycles. The Morgan fingerprint density at radius 1 is 1.57 bits per heavy atom. The number of hydrogen-bond donors (Lipinski definition) is 2. The molecule has 9 heteroatoms.